The van der Waals surface area contributed by atoms with E-state index in [-0.39, 0.29) is 17.7 Å². The van der Waals surface area contributed by atoms with Crippen molar-refractivity contribution in [2.24, 2.45) is 0 Å². The number of carbonyl (C=O) groups is 2. The first-order valence-electron chi connectivity index (χ1n) is 12.0. The molecule has 2 aliphatic heterocycles. The van der Waals surface area contributed by atoms with E-state index in [1.54, 1.807) is 40.3 Å². The highest BCUT2D eigenvalue weighted by atomic mass is 16.6. The number of ether oxygens (including phenoxy) is 2. The van der Waals surface area contributed by atoms with Crippen LogP contribution < -0.4 is 4.74 Å². The lowest BCUT2D eigenvalue weighted by molar-refractivity contribution is 0.0248. The fraction of sp³-hybridized carbons (Fsp3) is 0.444. The van der Waals surface area contributed by atoms with Crippen molar-refractivity contribution in [3.05, 3.63) is 59.4 Å². The molecule has 0 bridgehead atoms. The molecule has 8 heteroatoms. The molecular weight excluding hydrogens is 446 g/mol. The normalized spacial score (nSPS) is 19.1. The summed E-state index contributed by atoms with van der Waals surface area (Å²) in [5.74, 6) is 0.632. The zero-order valence-electron chi connectivity index (χ0n) is 21.0. The minimum absolute atomic E-state index is 0.110. The first-order valence-corrected chi connectivity index (χ1v) is 12.0. The molecule has 1 aromatic heterocycles. The molecule has 1 fully saturated rings. The van der Waals surface area contributed by atoms with Crippen molar-refractivity contribution in [3.8, 4) is 11.5 Å². The number of fused-ring (bicyclic) bond motifs is 1. The Morgan fingerprint density at radius 3 is 2.57 bits per heavy atom. The number of aromatic hydroxyl groups is 1. The minimum atomic E-state index is -0.730. The van der Waals surface area contributed by atoms with E-state index in [1.807, 2.05) is 46.8 Å². The number of likely N-dealkylation sites (tertiary alicyclic amines) is 1. The average Bonchev–Trinajstić information content (AvgIpc) is 3.22. The summed E-state index contributed by atoms with van der Waals surface area (Å²) in [6.07, 6.45) is 3.91. The number of benzene rings is 1. The molecule has 8 nitrogen and oxygen atoms in total. The van der Waals surface area contributed by atoms with Crippen molar-refractivity contribution in [2.45, 2.75) is 52.2 Å². The van der Waals surface area contributed by atoms with E-state index < -0.39 is 11.2 Å². The number of aromatic nitrogens is 1. The monoisotopic (exact) mass is 479 g/mol. The maximum absolute atomic E-state index is 12.7. The van der Waals surface area contributed by atoms with Gasteiger partial charge in [-0.2, -0.15) is 0 Å². The van der Waals surface area contributed by atoms with Crippen LogP contribution in [0.25, 0.3) is 5.57 Å². The number of nitrogens with zero attached hydrogens (tertiary/aromatic N) is 3. The summed E-state index contributed by atoms with van der Waals surface area (Å²) in [7, 11) is 0. The third-order valence-electron chi connectivity index (χ3n) is 6.23. The van der Waals surface area contributed by atoms with Crippen LogP contribution in [0.2, 0.25) is 0 Å². The number of phenols is 1. The van der Waals surface area contributed by atoms with Gasteiger partial charge in [-0.3, -0.25) is 9.78 Å². The van der Waals surface area contributed by atoms with Gasteiger partial charge in [-0.15, -0.1) is 0 Å². The van der Waals surface area contributed by atoms with E-state index in [1.165, 1.54) is 0 Å². The Morgan fingerprint density at radius 1 is 1.20 bits per heavy atom. The third kappa shape index (κ3) is 5.11. The molecule has 1 spiro atoms. The standard InChI is InChI=1S/C27H33N3O5/c1-6-29(7-2)24(32)22-10-8-18(16-28-22)21-15-27(34-23-11-9-19(31)14-20(21)23)12-13-30(17-27)25(33)35-26(3,4)5/h8-11,14-16,31H,6-7,12-13,17H2,1-5H3. The fourth-order valence-corrected chi connectivity index (χ4v) is 4.49. The predicted octanol–water partition coefficient (Wildman–Crippen LogP) is 4.47. The maximum Gasteiger partial charge on any atom is 0.410 e. The van der Waals surface area contributed by atoms with Crippen LogP contribution >= 0.6 is 0 Å². The summed E-state index contributed by atoms with van der Waals surface area (Å²) in [6.45, 7) is 11.5. The SMILES string of the molecule is CCN(CC)C(=O)c1ccc(C2=CC3(CCN(C(=O)OC(C)(C)C)C3)Oc3ccc(O)cc32)cn1. The number of phenolic OH excluding ortho intramolecular Hbond substituents is 1. The lowest BCUT2D eigenvalue weighted by Crippen LogP contribution is -2.42. The smallest absolute Gasteiger partial charge is 0.410 e. The van der Waals surface area contributed by atoms with Gasteiger partial charge in [0.2, 0.25) is 0 Å². The molecule has 2 amide bonds. The van der Waals surface area contributed by atoms with E-state index >= 15 is 0 Å². The van der Waals surface area contributed by atoms with Gasteiger partial charge in [0.25, 0.3) is 5.91 Å². The lowest BCUT2D eigenvalue weighted by atomic mass is 9.88. The van der Waals surface area contributed by atoms with Gasteiger partial charge >= 0.3 is 6.09 Å². The summed E-state index contributed by atoms with van der Waals surface area (Å²) < 4.78 is 12.0. The van der Waals surface area contributed by atoms with E-state index in [0.717, 1.165) is 16.7 Å². The van der Waals surface area contributed by atoms with Crippen LogP contribution in [0.3, 0.4) is 0 Å². The van der Waals surface area contributed by atoms with Crippen molar-refractivity contribution < 1.29 is 24.2 Å². The maximum atomic E-state index is 12.7. The summed E-state index contributed by atoms with van der Waals surface area (Å²) in [6, 6.07) is 8.57. The average molecular weight is 480 g/mol. The number of hydrogen-bond donors (Lipinski definition) is 1. The molecule has 0 radical (unpaired) electrons. The molecule has 35 heavy (non-hydrogen) atoms. The molecule has 3 heterocycles. The zero-order chi connectivity index (χ0) is 25.4. The molecule has 186 valence electrons. The second kappa shape index (κ2) is 9.24. The van der Waals surface area contributed by atoms with Crippen molar-refractivity contribution in [2.75, 3.05) is 26.2 Å². The quantitative estimate of drug-likeness (QED) is 0.696. The van der Waals surface area contributed by atoms with Crippen molar-refractivity contribution >= 4 is 17.6 Å². The van der Waals surface area contributed by atoms with E-state index in [9.17, 15) is 14.7 Å². The Morgan fingerprint density at radius 2 is 1.94 bits per heavy atom. The highest BCUT2D eigenvalue weighted by Gasteiger charge is 2.44. The van der Waals surface area contributed by atoms with Crippen molar-refractivity contribution in [3.63, 3.8) is 0 Å². The molecule has 1 unspecified atom stereocenters. The number of pyridine rings is 1. The van der Waals surface area contributed by atoms with Gasteiger partial charge in [0, 0.05) is 43.4 Å². The van der Waals surface area contributed by atoms with E-state index in [0.29, 0.717) is 44.0 Å². The lowest BCUT2D eigenvalue weighted by Gasteiger charge is -2.34. The van der Waals surface area contributed by atoms with Gasteiger partial charge in [0.1, 0.15) is 28.4 Å². The number of rotatable bonds is 4. The molecule has 1 N–H and O–H groups in total. The number of carbonyl (C=O) groups excluding carboxylic acids is 2. The molecule has 0 saturated carbocycles. The van der Waals surface area contributed by atoms with Crippen molar-refractivity contribution in [1.29, 1.82) is 0 Å². The van der Waals surface area contributed by atoms with Crippen molar-refractivity contribution in [1.82, 2.24) is 14.8 Å². The van der Waals surface area contributed by atoms with Gasteiger partial charge in [-0.1, -0.05) is 6.07 Å². The Balaban J connectivity index is 1.68. The summed E-state index contributed by atoms with van der Waals surface area (Å²) in [5.41, 5.74) is 1.44. The molecule has 1 atom stereocenters. The highest BCUT2D eigenvalue weighted by molar-refractivity contribution is 5.93. The fourth-order valence-electron chi connectivity index (χ4n) is 4.49. The van der Waals surface area contributed by atoms with Crippen LogP contribution in [0.15, 0.2) is 42.6 Å². The van der Waals surface area contributed by atoms with Crippen LogP contribution in [0.5, 0.6) is 11.5 Å². The van der Waals surface area contributed by atoms with E-state index in [2.05, 4.69) is 4.98 Å². The van der Waals surface area contributed by atoms with Gasteiger partial charge < -0.3 is 24.4 Å². The van der Waals surface area contributed by atoms with Gasteiger partial charge in [-0.05, 0) is 70.5 Å². The van der Waals surface area contributed by atoms with Crippen LogP contribution in [-0.4, -0.2) is 69.3 Å². The molecule has 0 aliphatic carbocycles. The Kier molecular flexibility index (Phi) is 6.49. The Bertz CT molecular complexity index is 1150. The van der Waals surface area contributed by atoms with Gasteiger partial charge in [0.15, 0.2) is 0 Å². The van der Waals surface area contributed by atoms with Crippen LogP contribution in [0, 0.1) is 0 Å². The molecule has 1 saturated heterocycles. The Hall–Kier alpha value is -3.55. The van der Waals surface area contributed by atoms with Crippen LogP contribution in [0.1, 0.15) is 62.7 Å². The van der Waals surface area contributed by atoms with E-state index in [4.69, 9.17) is 9.47 Å². The first kappa shape index (κ1) is 24.6. The molecule has 4 rings (SSSR count). The first-order chi connectivity index (χ1) is 16.5. The second-order valence-corrected chi connectivity index (χ2v) is 9.97. The van der Waals surface area contributed by atoms with Crippen LogP contribution in [-0.2, 0) is 4.74 Å². The van der Waals surface area contributed by atoms with Gasteiger partial charge in [0.05, 0.1) is 6.54 Å². The summed E-state index contributed by atoms with van der Waals surface area (Å²) >= 11 is 0. The second-order valence-electron chi connectivity index (χ2n) is 9.97. The molecule has 1 aromatic carbocycles. The largest absolute Gasteiger partial charge is 0.508 e. The molecule has 2 aliphatic rings. The molecule has 2 aromatic rings. The zero-order valence-corrected chi connectivity index (χ0v) is 21.0. The van der Waals surface area contributed by atoms with Crippen LogP contribution in [0.4, 0.5) is 4.79 Å². The number of hydrogen-bond acceptors (Lipinski definition) is 6. The minimum Gasteiger partial charge on any atom is -0.508 e. The highest BCUT2D eigenvalue weighted by Crippen LogP contribution is 2.44. The third-order valence-corrected chi connectivity index (χ3v) is 6.23. The van der Waals surface area contributed by atoms with Gasteiger partial charge in [-0.25, -0.2) is 4.79 Å². The predicted molar refractivity (Wildman–Crippen MR) is 132 cm³/mol. The molecular formula is C27H33N3O5. The number of amides is 2. The summed E-state index contributed by atoms with van der Waals surface area (Å²) in [4.78, 5) is 33.2. The summed E-state index contributed by atoms with van der Waals surface area (Å²) in [5, 5.41) is 10.1. The Labute approximate surface area is 206 Å². The topological polar surface area (TPSA) is 92.2 Å².